The summed E-state index contributed by atoms with van der Waals surface area (Å²) in [6.45, 7) is 0.269. The van der Waals surface area contributed by atoms with Crippen LogP contribution in [0, 0.1) is 0 Å². The minimum Gasteiger partial charge on any atom is -0.488 e. The molecule has 0 saturated heterocycles. The van der Waals surface area contributed by atoms with Crippen molar-refractivity contribution in [1.82, 2.24) is 9.97 Å². The molecule has 134 valence electrons. The Hall–Kier alpha value is -2.82. The second kappa shape index (κ2) is 7.43. The molecular weight excluding hydrogens is 383 g/mol. The molecule has 4 rings (SSSR count). The topological polar surface area (TPSA) is 55.0 Å². The molecule has 1 heterocycles. The number of nitrogens with zero attached hydrogens (tertiary/aromatic N) is 1. The molecule has 0 unspecified atom stereocenters. The summed E-state index contributed by atoms with van der Waals surface area (Å²) in [4.78, 5) is 19.8. The van der Waals surface area contributed by atoms with E-state index in [-0.39, 0.29) is 12.2 Å². The molecule has 4 aromatic rings. The first-order valence-electron chi connectivity index (χ1n) is 8.27. The van der Waals surface area contributed by atoms with Gasteiger partial charge in [0.1, 0.15) is 18.2 Å². The molecule has 3 aromatic carbocycles. The summed E-state index contributed by atoms with van der Waals surface area (Å²) in [5.74, 6) is 1.05. The summed E-state index contributed by atoms with van der Waals surface area (Å²) in [7, 11) is 0. The maximum atomic E-state index is 12.4. The quantitative estimate of drug-likeness (QED) is 0.497. The Labute approximate surface area is 165 Å². The first kappa shape index (κ1) is 17.6. The van der Waals surface area contributed by atoms with Gasteiger partial charge >= 0.3 is 0 Å². The molecule has 0 spiro atoms. The summed E-state index contributed by atoms with van der Waals surface area (Å²) in [6, 6.07) is 19.9. The lowest BCUT2D eigenvalue weighted by Crippen LogP contribution is -2.10. The minimum absolute atomic E-state index is 0.189. The molecule has 0 aliphatic carbocycles. The fourth-order valence-electron chi connectivity index (χ4n) is 2.80. The molecule has 0 atom stereocenters. The van der Waals surface area contributed by atoms with E-state index < -0.39 is 0 Å². The predicted octanol–water partition coefficient (Wildman–Crippen LogP) is 5.48. The van der Waals surface area contributed by atoms with Gasteiger partial charge in [0.2, 0.25) is 0 Å². The Kier molecular flexibility index (Phi) is 4.84. The van der Waals surface area contributed by atoms with Crippen LogP contribution in [0.25, 0.3) is 22.3 Å². The number of ether oxygens (including phenoxy) is 1. The van der Waals surface area contributed by atoms with Gasteiger partial charge in [-0.3, -0.25) is 4.79 Å². The van der Waals surface area contributed by atoms with Gasteiger partial charge in [-0.05, 0) is 36.4 Å². The summed E-state index contributed by atoms with van der Waals surface area (Å²) >= 11 is 12.1. The lowest BCUT2D eigenvalue weighted by molar-refractivity contribution is 0.307. The van der Waals surface area contributed by atoms with E-state index >= 15 is 0 Å². The van der Waals surface area contributed by atoms with Crippen molar-refractivity contribution in [1.29, 1.82) is 0 Å². The van der Waals surface area contributed by atoms with Crippen LogP contribution in [0.5, 0.6) is 5.75 Å². The molecule has 0 fully saturated rings. The van der Waals surface area contributed by atoms with Crippen LogP contribution in [0.15, 0.2) is 71.5 Å². The molecule has 0 radical (unpaired) electrons. The van der Waals surface area contributed by atoms with Crippen molar-refractivity contribution in [3.05, 3.63) is 92.7 Å². The predicted molar refractivity (Wildman–Crippen MR) is 109 cm³/mol. The Morgan fingerprint density at radius 2 is 1.74 bits per heavy atom. The van der Waals surface area contributed by atoms with E-state index in [9.17, 15) is 4.79 Å². The van der Waals surface area contributed by atoms with Gasteiger partial charge in [0, 0.05) is 15.6 Å². The van der Waals surface area contributed by atoms with Gasteiger partial charge in [-0.25, -0.2) is 4.98 Å². The van der Waals surface area contributed by atoms with E-state index in [1.165, 1.54) is 0 Å². The zero-order valence-corrected chi connectivity index (χ0v) is 15.6. The summed E-state index contributed by atoms with van der Waals surface area (Å²) in [5.41, 5.74) is 1.96. The van der Waals surface area contributed by atoms with E-state index in [2.05, 4.69) is 9.97 Å². The maximum Gasteiger partial charge on any atom is 0.259 e. The number of aromatic amines is 1. The number of benzene rings is 3. The van der Waals surface area contributed by atoms with Crippen LogP contribution in [0.3, 0.4) is 0 Å². The molecule has 0 bridgehead atoms. The van der Waals surface area contributed by atoms with Gasteiger partial charge in [0.25, 0.3) is 5.56 Å². The number of para-hydroxylation sites is 2. The number of H-pyrrole nitrogens is 1. The molecule has 6 heteroatoms. The standard InChI is InChI=1S/C21H14Cl2N2O2/c22-14-10-9-13(17(23)11-14)12-27-19-8-4-2-6-16(19)20-24-18-7-3-1-5-15(18)21(26)25-20/h1-11H,12H2,(H,24,25,26). The number of hydrogen-bond donors (Lipinski definition) is 1. The Morgan fingerprint density at radius 3 is 2.59 bits per heavy atom. The van der Waals surface area contributed by atoms with Crippen LogP contribution in [0.1, 0.15) is 5.56 Å². The molecular formula is C21H14Cl2N2O2. The lowest BCUT2D eigenvalue weighted by Gasteiger charge is -2.12. The van der Waals surface area contributed by atoms with Crippen LogP contribution in [0.2, 0.25) is 10.0 Å². The summed E-state index contributed by atoms with van der Waals surface area (Å²) < 4.78 is 5.96. The van der Waals surface area contributed by atoms with Crippen molar-refractivity contribution in [2.24, 2.45) is 0 Å². The number of halogens is 2. The lowest BCUT2D eigenvalue weighted by atomic mass is 10.1. The van der Waals surface area contributed by atoms with Crippen LogP contribution < -0.4 is 10.3 Å². The van der Waals surface area contributed by atoms with Crippen molar-refractivity contribution in [3.63, 3.8) is 0 Å². The van der Waals surface area contributed by atoms with Gasteiger partial charge in [-0.2, -0.15) is 0 Å². The largest absolute Gasteiger partial charge is 0.488 e. The highest BCUT2D eigenvalue weighted by molar-refractivity contribution is 6.35. The normalized spacial score (nSPS) is 10.9. The van der Waals surface area contributed by atoms with E-state index in [1.54, 1.807) is 18.2 Å². The average Bonchev–Trinajstić information content (AvgIpc) is 2.67. The second-order valence-electron chi connectivity index (χ2n) is 5.95. The molecule has 1 aromatic heterocycles. The van der Waals surface area contributed by atoms with E-state index in [0.717, 1.165) is 5.56 Å². The van der Waals surface area contributed by atoms with E-state index in [0.29, 0.717) is 38.1 Å². The molecule has 0 aliphatic heterocycles. The van der Waals surface area contributed by atoms with Crippen LogP contribution in [-0.4, -0.2) is 9.97 Å². The highest BCUT2D eigenvalue weighted by Crippen LogP contribution is 2.29. The zero-order chi connectivity index (χ0) is 18.8. The fraction of sp³-hybridized carbons (Fsp3) is 0.0476. The SMILES string of the molecule is O=c1[nH]c(-c2ccccc2OCc2ccc(Cl)cc2Cl)nc2ccccc12. The van der Waals surface area contributed by atoms with Crippen molar-refractivity contribution in [2.75, 3.05) is 0 Å². The molecule has 1 N–H and O–H groups in total. The first-order chi connectivity index (χ1) is 13.1. The number of fused-ring (bicyclic) bond motifs is 1. The van der Waals surface area contributed by atoms with Gasteiger partial charge in [-0.15, -0.1) is 0 Å². The van der Waals surface area contributed by atoms with Gasteiger partial charge in [0.05, 0.1) is 16.5 Å². The molecule has 4 nitrogen and oxygen atoms in total. The van der Waals surface area contributed by atoms with Crippen molar-refractivity contribution < 1.29 is 4.74 Å². The fourth-order valence-corrected chi connectivity index (χ4v) is 3.26. The third-order valence-corrected chi connectivity index (χ3v) is 4.74. The van der Waals surface area contributed by atoms with Crippen LogP contribution in [0.4, 0.5) is 0 Å². The van der Waals surface area contributed by atoms with E-state index in [1.807, 2.05) is 48.5 Å². The first-order valence-corrected chi connectivity index (χ1v) is 9.02. The van der Waals surface area contributed by atoms with Gasteiger partial charge < -0.3 is 9.72 Å². The number of aromatic nitrogens is 2. The van der Waals surface area contributed by atoms with Gasteiger partial charge in [0.15, 0.2) is 0 Å². The number of rotatable bonds is 4. The molecule has 0 amide bonds. The monoisotopic (exact) mass is 396 g/mol. The highest BCUT2D eigenvalue weighted by Gasteiger charge is 2.11. The Bertz CT molecular complexity index is 1190. The molecule has 0 saturated carbocycles. The summed E-state index contributed by atoms with van der Waals surface area (Å²) in [5, 5.41) is 1.66. The smallest absolute Gasteiger partial charge is 0.259 e. The summed E-state index contributed by atoms with van der Waals surface area (Å²) in [6.07, 6.45) is 0. The number of hydrogen-bond acceptors (Lipinski definition) is 3. The number of nitrogens with one attached hydrogen (secondary N) is 1. The highest BCUT2D eigenvalue weighted by atomic mass is 35.5. The molecule has 0 aliphatic rings. The van der Waals surface area contributed by atoms with Crippen molar-refractivity contribution in [2.45, 2.75) is 6.61 Å². The molecule has 27 heavy (non-hydrogen) atoms. The van der Waals surface area contributed by atoms with Crippen LogP contribution in [-0.2, 0) is 6.61 Å². The Morgan fingerprint density at radius 1 is 0.963 bits per heavy atom. The third kappa shape index (κ3) is 3.68. The minimum atomic E-state index is -0.189. The van der Waals surface area contributed by atoms with Crippen molar-refractivity contribution in [3.8, 4) is 17.1 Å². The van der Waals surface area contributed by atoms with Crippen molar-refractivity contribution >= 4 is 34.1 Å². The second-order valence-corrected chi connectivity index (χ2v) is 6.80. The van der Waals surface area contributed by atoms with Crippen LogP contribution >= 0.6 is 23.2 Å². The maximum absolute atomic E-state index is 12.4. The third-order valence-electron chi connectivity index (χ3n) is 4.15. The van der Waals surface area contributed by atoms with E-state index in [4.69, 9.17) is 27.9 Å². The zero-order valence-electron chi connectivity index (χ0n) is 14.1. The van der Waals surface area contributed by atoms with Gasteiger partial charge in [-0.1, -0.05) is 53.5 Å². The Balaban J connectivity index is 1.70. The average molecular weight is 397 g/mol.